The highest BCUT2D eigenvalue weighted by atomic mass is 32.2. The number of amides is 1. The number of para-hydroxylation sites is 1. The SMILES string of the molecule is CCOc1ccc(SCC(=O)N(C)Cc2ccccc2OC)cc1. The van der Waals surface area contributed by atoms with Crippen LogP contribution in [0.1, 0.15) is 12.5 Å². The highest BCUT2D eigenvalue weighted by Crippen LogP contribution is 2.23. The van der Waals surface area contributed by atoms with Crippen LogP contribution in [0.4, 0.5) is 0 Å². The third kappa shape index (κ3) is 5.20. The molecule has 0 saturated carbocycles. The van der Waals surface area contributed by atoms with Crippen LogP contribution in [0.5, 0.6) is 11.5 Å². The quantitative estimate of drug-likeness (QED) is 0.681. The van der Waals surface area contributed by atoms with Crippen LogP contribution in [0.2, 0.25) is 0 Å². The normalized spacial score (nSPS) is 10.3. The molecule has 2 aromatic rings. The number of benzene rings is 2. The zero-order chi connectivity index (χ0) is 17.4. The summed E-state index contributed by atoms with van der Waals surface area (Å²) in [6, 6.07) is 15.6. The lowest BCUT2D eigenvalue weighted by Gasteiger charge is -2.18. The van der Waals surface area contributed by atoms with E-state index in [0.29, 0.717) is 18.9 Å². The van der Waals surface area contributed by atoms with Gasteiger partial charge in [0.05, 0.1) is 19.5 Å². The Bertz CT molecular complexity index is 658. The molecule has 2 rings (SSSR count). The van der Waals surface area contributed by atoms with Crippen molar-refractivity contribution in [1.29, 1.82) is 0 Å². The van der Waals surface area contributed by atoms with E-state index < -0.39 is 0 Å². The van der Waals surface area contributed by atoms with Crippen LogP contribution in [0, 0.1) is 0 Å². The number of thioether (sulfide) groups is 1. The van der Waals surface area contributed by atoms with Gasteiger partial charge in [-0.2, -0.15) is 0 Å². The van der Waals surface area contributed by atoms with Gasteiger partial charge < -0.3 is 14.4 Å². The molecule has 0 radical (unpaired) electrons. The maximum absolute atomic E-state index is 12.3. The van der Waals surface area contributed by atoms with Crippen molar-refractivity contribution in [2.75, 3.05) is 26.5 Å². The average molecular weight is 345 g/mol. The van der Waals surface area contributed by atoms with Gasteiger partial charge in [0.25, 0.3) is 0 Å². The molecule has 4 nitrogen and oxygen atoms in total. The molecular weight excluding hydrogens is 322 g/mol. The van der Waals surface area contributed by atoms with Gasteiger partial charge in [0.2, 0.25) is 5.91 Å². The lowest BCUT2D eigenvalue weighted by atomic mass is 10.2. The Kier molecular flexibility index (Phi) is 7.00. The molecule has 1 amide bonds. The predicted molar refractivity (Wildman–Crippen MR) is 97.8 cm³/mol. The minimum atomic E-state index is 0.0831. The van der Waals surface area contributed by atoms with Gasteiger partial charge in [-0.1, -0.05) is 18.2 Å². The highest BCUT2D eigenvalue weighted by Gasteiger charge is 2.12. The van der Waals surface area contributed by atoms with E-state index in [1.807, 2.05) is 62.5 Å². The molecule has 0 aliphatic heterocycles. The monoisotopic (exact) mass is 345 g/mol. The Morgan fingerprint density at radius 3 is 2.50 bits per heavy atom. The first-order chi connectivity index (χ1) is 11.6. The highest BCUT2D eigenvalue weighted by molar-refractivity contribution is 8.00. The first-order valence-corrected chi connectivity index (χ1v) is 8.84. The third-order valence-electron chi connectivity index (χ3n) is 3.52. The molecule has 0 saturated heterocycles. The van der Waals surface area contributed by atoms with Crippen molar-refractivity contribution < 1.29 is 14.3 Å². The standard InChI is InChI=1S/C19H23NO3S/c1-4-23-16-9-11-17(12-10-16)24-14-19(21)20(2)13-15-7-5-6-8-18(15)22-3/h5-12H,4,13-14H2,1-3H3. The van der Waals surface area contributed by atoms with Crippen molar-refractivity contribution in [3.8, 4) is 11.5 Å². The van der Waals surface area contributed by atoms with Crippen molar-refractivity contribution in [3.63, 3.8) is 0 Å². The summed E-state index contributed by atoms with van der Waals surface area (Å²) in [5.41, 5.74) is 1.00. The molecular formula is C19H23NO3S. The van der Waals surface area contributed by atoms with E-state index in [1.165, 1.54) is 11.8 Å². The number of nitrogens with zero attached hydrogens (tertiary/aromatic N) is 1. The van der Waals surface area contributed by atoms with E-state index in [9.17, 15) is 4.79 Å². The maximum Gasteiger partial charge on any atom is 0.232 e. The van der Waals surface area contributed by atoms with E-state index >= 15 is 0 Å². The Morgan fingerprint density at radius 1 is 1.12 bits per heavy atom. The van der Waals surface area contributed by atoms with Gasteiger partial charge in [-0.25, -0.2) is 0 Å². The Labute approximate surface area is 147 Å². The van der Waals surface area contributed by atoms with E-state index in [4.69, 9.17) is 9.47 Å². The molecule has 0 unspecified atom stereocenters. The van der Waals surface area contributed by atoms with Gasteiger partial charge in [-0.3, -0.25) is 4.79 Å². The molecule has 0 bridgehead atoms. The van der Waals surface area contributed by atoms with Gasteiger partial charge in [0.15, 0.2) is 0 Å². The third-order valence-corrected chi connectivity index (χ3v) is 4.52. The molecule has 2 aromatic carbocycles. The van der Waals surface area contributed by atoms with E-state index in [-0.39, 0.29) is 5.91 Å². The molecule has 128 valence electrons. The average Bonchev–Trinajstić information content (AvgIpc) is 2.61. The number of methoxy groups -OCH3 is 1. The lowest BCUT2D eigenvalue weighted by molar-refractivity contribution is -0.127. The van der Waals surface area contributed by atoms with Crippen LogP contribution in [-0.4, -0.2) is 37.3 Å². The zero-order valence-corrected chi connectivity index (χ0v) is 15.1. The van der Waals surface area contributed by atoms with Gasteiger partial charge in [0, 0.05) is 24.1 Å². The number of carbonyl (C=O) groups is 1. The molecule has 0 fully saturated rings. The van der Waals surface area contributed by atoms with Crippen LogP contribution < -0.4 is 9.47 Å². The molecule has 0 aliphatic carbocycles. The summed E-state index contributed by atoms with van der Waals surface area (Å²) in [6.07, 6.45) is 0. The molecule has 5 heteroatoms. The fourth-order valence-electron chi connectivity index (χ4n) is 2.23. The molecule has 0 heterocycles. The summed E-state index contributed by atoms with van der Waals surface area (Å²) in [5, 5.41) is 0. The van der Waals surface area contributed by atoms with Gasteiger partial charge >= 0.3 is 0 Å². The van der Waals surface area contributed by atoms with Crippen LogP contribution in [0.3, 0.4) is 0 Å². The Morgan fingerprint density at radius 2 is 1.83 bits per heavy atom. The summed E-state index contributed by atoms with van der Waals surface area (Å²) in [6.45, 7) is 3.14. The predicted octanol–water partition coefficient (Wildman–Crippen LogP) is 3.84. The first-order valence-electron chi connectivity index (χ1n) is 7.85. The molecule has 0 atom stereocenters. The maximum atomic E-state index is 12.3. The molecule has 0 N–H and O–H groups in total. The number of ether oxygens (including phenoxy) is 2. The van der Waals surface area contributed by atoms with Crippen LogP contribution >= 0.6 is 11.8 Å². The van der Waals surface area contributed by atoms with Crippen molar-refractivity contribution in [1.82, 2.24) is 4.90 Å². The second kappa shape index (κ2) is 9.23. The van der Waals surface area contributed by atoms with Crippen LogP contribution in [-0.2, 0) is 11.3 Å². The van der Waals surface area contributed by atoms with Crippen molar-refractivity contribution in [2.24, 2.45) is 0 Å². The van der Waals surface area contributed by atoms with Crippen molar-refractivity contribution in [2.45, 2.75) is 18.4 Å². The summed E-state index contributed by atoms with van der Waals surface area (Å²) >= 11 is 1.53. The van der Waals surface area contributed by atoms with Crippen LogP contribution in [0.15, 0.2) is 53.4 Å². The molecule has 24 heavy (non-hydrogen) atoms. The van der Waals surface area contributed by atoms with Crippen LogP contribution in [0.25, 0.3) is 0 Å². The number of hydrogen-bond donors (Lipinski definition) is 0. The number of hydrogen-bond acceptors (Lipinski definition) is 4. The first kappa shape index (κ1) is 18.2. The fraction of sp³-hybridized carbons (Fsp3) is 0.316. The van der Waals surface area contributed by atoms with E-state index in [0.717, 1.165) is 22.0 Å². The number of rotatable bonds is 8. The zero-order valence-electron chi connectivity index (χ0n) is 14.3. The summed E-state index contributed by atoms with van der Waals surface area (Å²) < 4.78 is 10.7. The van der Waals surface area contributed by atoms with E-state index in [2.05, 4.69) is 0 Å². The second-order valence-electron chi connectivity index (χ2n) is 5.25. The molecule has 0 spiro atoms. The van der Waals surface area contributed by atoms with Crippen molar-refractivity contribution in [3.05, 3.63) is 54.1 Å². The van der Waals surface area contributed by atoms with E-state index in [1.54, 1.807) is 12.0 Å². The molecule has 0 aliphatic rings. The van der Waals surface area contributed by atoms with Crippen molar-refractivity contribution >= 4 is 17.7 Å². The Balaban J connectivity index is 1.87. The lowest BCUT2D eigenvalue weighted by Crippen LogP contribution is -2.27. The van der Waals surface area contributed by atoms with Gasteiger partial charge in [0.1, 0.15) is 11.5 Å². The van der Waals surface area contributed by atoms with Gasteiger partial charge in [-0.05, 0) is 37.3 Å². The minimum absolute atomic E-state index is 0.0831. The summed E-state index contributed by atoms with van der Waals surface area (Å²) in [7, 11) is 3.45. The summed E-state index contributed by atoms with van der Waals surface area (Å²) in [4.78, 5) is 15.1. The molecule has 0 aromatic heterocycles. The minimum Gasteiger partial charge on any atom is -0.496 e. The Hall–Kier alpha value is -2.14. The second-order valence-corrected chi connectivity index (χ2v) is 6.30. The summed E-state index contributed by atoms with van der Waals surface area (Å²) in [5.74, 6) is 2.14. The fourth-order valence-corrected chi connectivity index (χ4v) is 3.07. The largest absolute Gasteiger partial charge is 0.496 e. The number of carbonyl (C=O) groups excluding carboxylic acids is 1. The van der Waals surface area contributed by atoms with Gasteiger partial charge in [-0.15, -0.1) is 11.8 Å². The smallest absolute Gasteiger partial charge is 0.232 e. The topological polar surface area (TPSA) is 38.8 Å².